The predicted molar refractivity (Wildman–Crippen MR) is 91.2 cm³/mol. The molecule has 0 saturated carbocycles. The van der Waals surface area contributed by atoms with Crippen LogP contribution >= 0.6 is 34.7 Å². The summed E-state index contributed by atoms with van der Waals surface area (Å²) in [5.74, 6) is 0.380. The second-order valence-electron chi connectivity index (χ2n) is 4.49. The van der Waals surface area contributed by atoms with Crippen LogP contribution in [0, 0.1) is 6.92 Å². The molecule has 5 nitrogen and oxygen atoms in total. The SMILES string of the molecule is CCC(Oc1ccc(Cl)c(C)c1)C(=O)Nc1nnc(SC)s1. The first-order valence-corrected chi connectivity index (χ1v) is 9.06. The Morgan fingerprint density at radius 1 is 1.50 bits per heavy atom. The van der Waals surface area contributed by atoms with Gasteiger partial charge in [0.25, 0.3) is 5.91 Å². The van der Waals surface area contributed by atoms with Crippen LogP contribution in [0.25, 0.3) is 0 Å². The van der Waals surface area contributed by atoms with Crippen LogP contribution < -0.4 is 10.1 Å². The zero-order valence-corrected chi connectivity index (χ0v) is 14.8. The van der Waals surface area contributed by atoms with E-state index < -0.39 is 6.10 Å². The highest BCUT2D eigenvalue weighted by Crippen LogP contribution is 2.25. The van der Waals surface area contributed by atoms with E-state index in [-0.39, 0.29) is 5.91 Å². The lowest BCUT2D eigenvalue weighted by Gasteiger charge is -2.16. The molecule has 0 bridgehead atoms. The second-order valence-corrected chi connectivity index (χ2v) is 6.93. The number of anilines is 1. The van der Waals surface area contributed by atoms with Crippen molar-refractivity contribution in [2.75, 3.05) is 11.6 Å². The lowest BCUT2D eigenvalue weighted by atomic mass is 10.2. The van der Waals surface area contributed by atoms with Gasteiger partial charge < -0.3 is 4.74 Å². The van der Waals surface area contributed by atoms with E-state index in [1.807, 2.05) is 26.2 Å². The lowest BCUT2D eigenvalue weighted by molar-refractivity contribution is -0.122. The molecule has 1 aromatic heterocycles. The number of hydrogen-bond donors (Lipinski definition) is 1. The molecule has 1 aromatic carbocycles. The van der Waals surface area contributed by atoms with Crippen LogP contribution in [-0.2, 0) is 4.79 Å². The number of aryl methyl sites for hydroxylation is 1. The summed E-state index contributed by atoms with van der Waals surface area (Å²) in [5.41, 5.74) is 0.906. The molecule has 118 valence electrons. The molecule has 1 N–H and O–H groups in total. The number of ether oxygens (including phenoxy) is 1. The first-order chi connectivity index (χ1) is 10.5. The van der Waals surface area contributed by atoms with E-state index in [4.69, 9.17) is 16.3 Å². The molecule has 0 radical (unpaired) electrons. The van der Waals surface area contributed by atoms with Crippen LogP contribution in [-0.4, -0.2) is 28.5 Å². The number of nitrogens with zero attached hydrogens (tertiary/aromatic N) is 2. The smallest absolute Gasteiger partial charge is 0.267 e. The molecule has 1 atom stereocenters. The third-order valence-electron chi connectivity index (χ3n) is 2.88. The molecule has 0 fully saturated rings. The topological polar surface area (TPSA) is 64.1 Å². The molecule has 22 heavy (non-hydrogen) atoms. The molecule has 1 heterocycles. The van der Waals surface area contributed by atoms with Gasteiger partial charge in [0, 0.05) is 5.02 Å². The van der Waals surface area contributed by atoms with Crippen LogP contribution in [0.5, 0.6) is 5.75 Å². The van der Waals surface area contributed by atoms with Crippen LogP contribution in [0.4, 0.5) is 5.13 Å². The summed E-state index contributed by atoms with van der Waals surface area (Å²) in [6.45, 7) is 3.78. The minimum absolute atomic E-state index is 0.237. The molecule has 0 aliphatic rings. The average molecular weight is 358 g/mol. The minimum atomic E-state index is -0.595. The predicted octanol–water partition coefficient (Wildman–Crippen LogP) is 4.02. The van der Waals surface area contributed by atoms with E-state index in [0.717, 1.165) is 9.90 Å². The Balaban J connectivity index is 2.03. The molecule has 0 aliphatic heterocycles. The summed E-state index contributed by atoms with van der Waals surface area (Å²) in [5, 5.41) is 11.7. The lowest BCUT2D eigenvalue weighted by Crippen LogP contribution is -2.32. The minimum Gasteiger partial charge on any atom is -0.481 e. The van der Waals surface area contributed by atoms with Gasteiger partial charge >= 0.3 is 0 Å². The molecule has 2 aromatic rings. The number of carbonyl (C=O) groups excluding carboxylic acids is 1. The number of amides is 1. The van der Waals surface area contributed by atoms with E-state index >= 15 is 0 Å². The Bertz CT molecular complexity index is 663. The standard InChI is InChI=1S/C14H16ClN3O2S2/c1-4-11(20-9-5-6-10(15)8(2)7-9)12(19)16-13-17-18-14(21-3)22-13/h5-7,11H,4H2,1-3H3,(H,16,17,19). The number of hydrogen-bond acceptors (Lipinski definition) is 6. The quantitative estimate of drug-likeness (QED) is 0.625. The van der Waals surface area contributed by atoms with Crippen LogP contribution in [0.2, 0.25) is 5.02 Å². The summed E-state index contributed by atoms with van der Waals surface area (Å²) in [6.07, 6.45) is 1.86. The van der Waals surface area contributed by atoms with Gasteiger partial charge in [-0.3, -0.25) is 10.1 Å². The Morgan fingerprint density at radius 2 is 2.27 bits per heavy atom. The Hall–Kier alpha value is -1.31. The largest absolute Gasteiger partial charge is 0.481 e. The van der Waals surface area contributed by atoms with Gasteiger partial charge in [0.15, 0.2) is 10.4 Å². The molecule has 1 unspecified atom stereocenters. The van der Waals surface area contributed by atoms with Crippen molar-refractivity contribution >= 4 is 45.7 Å². The van der Waals surface area contributed by atoms with Gasteiger partial charge in [0.05, 0.1) is 0 Å². The normalized spacial score (nSPS) is 12.0. The van der Waals surface area contributed by atoms with Gasteiger partial charge in [0.1, 0.15) is 5.75 Å². The number of halogens is 1. The number of benzene rings is 1. The third kappa shape index (κ3) is 4.34. The summed E-state index contributed by atoms with van der Waals surface area (Å²) in [6, 6.07) is 5.32. The van der Waals surface area contributed by atoms with E-state index in [2.05, 4.69) is 15.5 Å². The summed E-state index contributed by atoms with van der Waals surface area (Å²) in [4.78, 5) is 12.3. The van der Waals surface area contributed by atoms with Crippen molar-refractivity contribution in [1.82, 2.24) is 10.2 Å². The molecule has 2 rings (SSSR count). The molecule has 1 amide bonds. The van der Waals surface area contributed by atoms with Crippen molar-refractivity contribution in [2.24, 2.45) is 0 Å². The molecular formula is C14H16ClN3O2S2. The first kappa shape index (κ1) is 17.1. The molecule has 8 heteroatoms. The van der Waals surface area contributed by atoms with E-state index in [0.29, 0.717) is 22.3 Å². The van der Waals surface area contributed by atoms with Gasteiger partial charge in [0.2, 0.25) is 5.13 Å². The van der Waals surface area contributed by atoms with Gasteiger partial charge in [-0.15, -0.1) is 10.2 Å². The summed E-state index contributed by atoms with van der Waals surface area (Å²) >= 11 is 8.81. The van der Waals surface area contributed by atoms with E-state index in [1.54, 1.807) is 12.1 Å². The number of thioether (sulfide) groups is 1. The maximum Gasteiger partial charge on any atom is 0.267 e. The highest BCUT2D eigenvalue weighted by Gasteiger charge is 2.20. The fraction of sp³-hybridized carbons (Fsp3) is 0.357. The fourth-order valence-electron chi connectivity index (χ4n) is 1.71. The Kier molecular flexibility index (Phi) is 6.05. The van der Waals surface area contributed by atoms with Crippen LogP contribution in [0.1, 0.15) is 18.9 Å². The van der Waals surface area contributed by atoms with Crippen molar-refractivity contribution in [3.8, 4) is 5.75 Å². The molecule has 0 aliphatic carbocycles. The molecule has 0 spiro atoms. The van der Waals surface area contributed by atoms with Crippen molar-refractivity contribution in [3.63, 3.8) is 0 Å². The highest BCUT2D eigenvalue weighted by molar-refractivity contribution is 8.00. The number of aromatic nitrogens is 2. The maximum atomic E-state index is 12.3. The van der Waals surface area contributed by atoms with Gasteiger partial charge in [-0.1, -0.05) is 41.6 Å². The van der Waals surface area contributed by atoms with Crippen LogP contribution in [0.15, 0.2) is 22.5 Å². The Morgan fingerprint density at radius 3 is 2.86 bits per heavy atom. The van der Waals surface area contributed by atoms with E-state index in [9.17, 15) is 4.79 Å². The fourth-order valence-corrected chi connectivity index (χ4v) is 3.00. The monoisotopic (exact) mass is 357 g/mol. The van der Waals surface area contributed by atoms with Crippen molar-refractivity contribution in [1.29, 1.82) is 0 Å². The zero-order valence-electron chi connectivity index (χ0n) is 12.4. The van der Waals surface area contributed by atoms with Gasteiger partial charge in [-0.05, 0) is 43.4 Å². The van der Waals surface area contributed by atoms with Gasteiger partial charge in [-0.25, -0.2) is 0 Å². The van der Waals surface area contributed by atoms with Crippen molar-refractivity contribution < 1.29 is 9.53 Å². The Labute approximate surface area is 142 Å². The van der Waals surface area contributed by atoms with Crippen molar-refractivity contribution in [3.05, 3.63) is 28.8 Å². The third-order valence-corrected chi connectivity index (χ3v) is 5.12. The zero-order chi connectivity index (χ0) is 16.1. The summed E-state index contributed by atoms with van der Waals surface area (Å²) in [7, 11) is 0. The molecular weight excluding hydrogens is 342 g/mol. The van der Waals surface area contributed by atoms with Crippen molar-refractivity contribution in [2.45, 2.75) is 30.7 Å². The average Bonchev–Trinajstić information content (AvgIpc) is 2.95. The van der Waals surface area contributed by atoms with Gasteiger partial charge in [-0.2, -0.15) is 0 Å². The maximum absolute atomic E-state index is 12.3. The van der Waals surface area contributed by atoms with Crippen LogP contribution in [0.3, 0.4) is 0 Å². The van der Waals surface area contributed by atoms with E-state index in [1.165, 1.54) is 23.1 Å². The number of rotatable bonds is 6. The molecule has 0 saturated heterocycles. The number of nitrogens with one attached hydrogen (secondary N) is 1. The second kappa shape index (κ2) is 7.80. The highest BCUT2D eigenvalue weighted by atomic mass is 35.5. The summed E-state index contributed by atoms with van der Waals surface area (Å²) < 4.78 is 6.55. The first-order valence-electron chi connectivity index (χ1n) is 6.64. The number of carbonyl (C=O) groups is 1.